The van der Waals surface area contributed by atoms with Crippen molar-refractivity contribution < 1.29 is 8.42 Å². The van der Waals surface area contributed by atoms with E-state index in [1.54, 1.807) is 19.2 Å². The SMILES string of the molecule is CN=C(NCCc1c[nH]c2cc(C)ccc12)NCc1ccc(S(C)(=O)=O)cc1. The fourth-order valence-corrected chi connectivity index (χ4v) is 3.71. The van der Waals surface area contributed by atoms with Gasteiger partial charge in [0.15, 0.2) is 15.8 Å². The van der Waals surface area contributed by atoms with Crippen LogP contribution in [0.2, 0.25) is 0 Å². The van der Waals surface area contributed by atoms with E-state index in [9.17, 15) is 8.42 Å². The Hall–Kier alpha value is -2.80. The van der Waals surface area contributed by atoms with Gasteiger partial charge in [0.2, 0.25) is 0 Å². The summed E-state index contributed by atoms with van der Waals surface area (Å²) in [6.45, 7) is 3.41. The summed E-state index contributed by atoms with van der Waals surface area (Å²) >= 11 is 0. The fourth-order valence-electron chi connectivity index (χ4n) is 3.08. The van der Waals surface area contributed by atoms with Gasteiger partial charge >= 0.3 is 0 Å². The van der Waals surface area contributed by atoms with E-state index in [2.05, 4.69) is 51.9 Å². The molecule has 3 rings (SSSR count). The molecule has 0 aliphatic carbocycles. The average Bonchev–Trinajstić information content (AvgIpc) is 3.06. The van der Waals surface area contributed by atoms with Crippen LogP contribution in [0.15, 0.2) is 58.5 Å². The predicted molar refractivity (Wildman–Crippen MR) is 114 cm³/mol. The number of aliphatic imine (C=N–C) groups is 1. The number of aromatic nitrogens is 1. The molecule has 28 heavy (non-hydrogen) atoms. The van der Waals surface area contributed by atoms with Crippen molar-refractivity contribution in [1.29, 1.82) is 0 Å². The van der Waals surface area contributed by atoms with E-state index in [1.807, 2.05) is 12.1 Å². The van der Waals surface area contributed by atoms with Gasteiger partial charge in [-0.05, 0) is 48.2 Å². The summed E-state index contributed by atoms with van der Waals surface area (Å²) in [5.41, 5.74) is 4.67. The number of rotatable bonds is 6. The lowest BCUT2D eigenvalue weighted by molar-refractivity contribution is 0.602. The molecule has 3 N–H and O–H groups in total. The van der Waals surface area contributed by atoms with Crippen LogP contribution in [0.4, 0.5) is 0 Å². The van der Waals surface area contributed by atoms with Crippen molar-refractivity contribution in [2.45, 2.75) is 24.8 Å². The molecule has 0 radical (unpaired) electrons. The molecule has 0 unspecified atom stereocenters. The molecule has 0 fully saturated rings. The number of aryl methyl sites for hydroxylation is 1. The van der Waals surface area contributed by atoms with Gasteiger partial charge in [-0.3, -0.25) is 4.99 Å². The van der Waals surface area contributed by atoms with Gasteiger partial charge in [0.05, 0.1) is 4.90 Å². The summed E-state index contributed by atoms with van der Waals surface area (Å²) in [5.74, 6) is 0.711. The number of H-pyrrole nitrogens is 1. The third kappa shape index (κ3) is 4.92. The van der Waals surface area contributed by atoms with Crippen LogP contribution in [-0.4, -0.2) is 39.2 Å². The Morgan fingerprint density at radius 3 is 2.54 bits per heavy atom. The zero-order valence-electron chi connectivity index (χ0n) is 16.4. The van der Waals surface area contributed by atoms with E-state index in [1.165, 1.54) is 22.8 Å². The lowest BCUT2D eigenvalue weighted by atomic mass is 10.1. The van der Waals surface area contributed by atoms with Crippen molar-refractivity contribution in [2.24, 2.45) is 4.99 Å². The molecule has 0 bridgehead atoms. The van der Waals surface area contributed by atoms with Crippen molar-refractivity contribution in [3.05, 3.63) is 65.4 Å². The predicted octanol–water partition coefficient (Wildman–Crippen LogP) is 2.79. The molecular formula is C21H26N4O2S. The van der Waals surface area contributed by atoms with E-state index in [0.717, 1.165) is 24.0 Å². The minimum absolute atomic E-state index is 0.327. The van der Waals surface area contributed by atoms with Gasteiger partial charge in [-0.25, -0.2) is 8.42 Å². The van der Waals surface area contributed by atoms with E-state index < -0.39 is 9.84 Å². The Bertz CT molecular complexity index is 1080. The molecule has 0 aliphatic rings. The average molecular weight is 399 g/mol. The highest BCUT2D eigenvalue weighted by Gasteiger charge is 2.07. The van der Waals surface area contributed by atoms with Gasteiger partial charge in [-0.15, -0.1) is 0 Å². The van der Waals surface area contributed by atoms with Crippen LogP contribution in [0.3, 0.4) is 0 Å². The van der Waals surface area contributed by atoms with Crippen molar-refractivity contribution in [3.63, 3.8) is 0 Å². The first-order valence-electron chi connectivity index (χ1n) is 9.17. The summed E-state index contributed by atoms with van der Waals surface area (Å²) in [5, 5.41) is 7.82. The number of nitrogens with one attached hydrogen (secondary N) is 3. The van der Waals surface area contributed by atoms with Crippen LogP contribution in [0, 0.1) is 6.92 Å². The standard InChI is InChI=1S/C21H26N4O2S/c1-15-4-9-19-17(14-24-20(19)12-15)10-11-23-21(22-2)25-13-16-5-7-18(8-6-16)28(3,26)27/h4-9,12,14,24H,10-11,13H2,1-3H3,(H2,22,23,25). The quantitative estimate of drug-likeness (QED) is 0.440. The molecular weight excluding hydrogens is 372 g/mol. The number of sulfone groups is 1. The van der Waals surface area contributed by atoms with Crippen LogP contribution in [0.5, 0.6) is 0 Å². The molecule has 1 aromatic heterocycles. The van der Waals surface area contributed by atoms with Crippen molar-refractivity contribution >= 4 is 26.7 Å². The minimum Gasteiger partial charge on any atom is -0.361 e. The molecule has 148 valence electrons. The lowest BCUT2D eigenvalue weighted by Gasteiger charge is -2.12. The molecule has 1 heterocycles. The van der Waals surface area contributed by atoms with Crippen molar-refractivity contribution in [3.8, 4) is 0 Å². The number of hydrogen-bond donors (Lipinski definition) is 3. The highest BCUT2D eigenvalue weighted by molar-refractivity contribution is 7.90. The largest absolute Gasteiger partial charge is 0.361 e. The second-order valence-electron chi connectivity index (χ2n) is 6.88. The molecule has 0 saturated heterocycles. The van der Waals surface area contributed by atoms with Gasteiger partial charge < -0.3 is 15.6 Å². The maximum Gasteiger partial charge on any atom is 0.191 e. The number of fused-ring (bicyclic) bond motifs is 1. The van der Waals surface area contributed by atoms with E-state index in [4.69, 9.17) is 0 Å². The Morgan fingerprint density at radius 2 is 1.86 bits per heavy atom. The molecule has 0 amide bonds. The van der Waals surface area contributed by atoms with E-state index in [0.29, 0.717) is 17.4 Å². The topological polar surface area (TPSA) is 86.3 Å². The summed E-state index contributed by atoms with van der Waals surface area (Å²) < 4.78 is 23.0. The number of aromatic amines is 1. The first kappa shape index (κ1) is 19.9. The molecule has 0 saturated carbocycles. The second kappa shape index (κ2) is 8.48. The summed E-state index contributed by atoms with van der Waals surface area (Å²) in [6, 6.07) is 13.3. The zero-order chi connectivity index (χ0) is 20.1. The molecule has 2 aromatic carbocycles. The third-order valence-corrected chi connectivity index (χ3v) is 5.77. The Kier molecular flexibility index (Phi) is 6.04. The van der Waals surface area contributed by atoms with Crippen LogP contribution in [0.25, 0.3) is 10.9 Å². The van der Waals surface area contributed by atoms with E-state index >= 15 is 0 Å². The van der Waals surface area contributed by atoms with Gasteiger partial charge in [0, 0.05) is 43.5 Å². The Balaban J connectivity index is 1.52. The van der Waals surface area contributed by atoms with Crippen molar-refractivity contribution in [2.75, 3.05) is 19.8 Å². The van der Waals surface area contributed by atoms with Crippen LogP contribution < -0.4 is 10.6 Å². The molecule has 0 spiro atoms. The third-order valence-electron chi connectivity index (χ3n) is 4.64. The maximum atomic E-state index is 11.5. The van der Waals surface area contributed by atoms with Crippen LogP contribution in [0.1, 0.15) is 16.7 Å². The van der Waals surface area contributed by atoms with Gasteiger partial charge in [0.25, 0.3) is 0 Å². The first-order valence-corrected chi connectivity index (χ1v) is 11.1. The normalized spacial score (nSPS) is 12.3. The Morgan fingerprint density at radius 1 is 1.11 bits per heavy atom. The van der Waals surface area contributed by atoms with Gasteiger partial charge in [0.1, 0.15) is 0 Å². The number of nitrogens with zero attached hydrogens (tertiary/aromatic N) is 1. The van der Waals surface area contributed by atoms with Gasteiger partial charge in [-0.2, -0.15) is 0 Å². The summed E-state index contributed by atoms with van der Waals surface area (Å²) in [7, 11) is -1.43. The molecule has 3 aromatic rings. The summed E-state index contributed by atoms with van der Waals surface area (Å²) in [4.78, 5) is 7.90. The molecule has 0 aliphatic heterocycles. The number of hydrogen-bond acceptors (Lipinski definition) is 3. The van der Waals surface area contributed by atoms with Crippen LogP contribution >= 0.6 is 0 Å². The summed E-state index contributed by atoms with van der Waals surface area (Å²) in [6.07, 6.45) is 4.15. The lowest BCUT2D eigenvalue weighted by Crippen LogP contribution is -2.37. The number of guanidine groups is 1. The Labute approximate surface area is 166 Å². The highest BCUT2D eigenvalue weighted by atomic mass is 32.2. The molecule has 0 atom stereocenters. The zero-order valence-corrected chi connectivity index (χ0v) is 17.2. The van der Waals surface area contributed by atoms with E-state index in [-0.39, 0.29) is 0 Å². The maximum absolute atomic E-state index is 11.5. The molecule has 6 nitrogen and oxygen atoms in total. The minimum atomic E-state index is -3.17. The number of benzene rings is 2. The highest BCUT2D eigenvalue weighted by Crippen LogP contribution is 2.19. The monoisotopic (exact) mass is 398 g/mol. The van der Waals surface area contributed by atoms with Crippen LogP contribution in [-0.2, 0) is 22.8 Å². The van der Waals surface area contributed by atoms with Crippen molar-refractivity contribution in [1.82, 2.24) is 15.6 Å². The fraction of sp³-hybridized carbons (Fsp3) is 0.286. The van der Waals surface area contributed by atoms with Gasteiger partial charge in [-0.1, -0.05) is 24.3 Å². The molecule has 7 heteroatoms. The smallest absolute Gasteiger partial charge is 0.191 e. The first-order chi connectivity index (χ1) is 13.4. The second-order valence-corrected chi connectivity index (χ2v) is 8.90.